The summed E-state index contributed by atoms with van der Waals surface area (Å²) in [4.78, 5) is 13.0. The molecule has 9 heavy (non-hydrogen) atoms. The van der Waals surface area contributed by atoms with Crippen LogP contribution >= 0.6 is 0 Å². The van der Waals surface area contributed by atoms with Gasteiger partial charge < -0.3 is 5.53 Å². The van der Waals surface area contributed by atoms with E-state index in [0.717, 1.165) is 0 Å². The summed E-state index contributed by atoms with van der Waals surface area (Å²) in [6.45, 7) is 5.82. The van der Waals surface area contributed by atoms with Crippen molar-refractivity contribution in [1.82, 2.24) is 0 Å². The van der Waals surface area contributed by atoms with Crippen LogP contribution in [0.15, 0.2) is 0 Å². The lowest BCUT2D eigenvalue weighted by Crippen LogP contribution is -2.35. The van der Waals surface area contributed by atoms with Crippen LogP contribution in [0.4, 0.5) is 0 Å². The van der Waals surface area contributed by atoms with Gasteiger partial charge in [-0.3, -0.25) is 4.79 Å². The molecule has 0 rings (SSSR count). The third-order valence-corrected chi connectivity index (χ3v) is 2.74. The zero-order valence-electron chi connectivity index (χ0n) is 5.88. The van der Waals surface area contributed by atoms with Crippen molar-refractivity contribution in [3.8, 4) is 0 Å². The Morgan fingerprint density at radius 1 is 1.56 bits per heavy atom. The largest absolute Gasteiger partial charge is 0.362 e. The Morgan fingerprint density at radius 2 is 2.00 bits per heavy atom. The Kier molecular flexibility index (Phi) is 2.49. The van der Waals surface area contributed by atoms with E-state index in [1.807, 2.05) is 19.6 Å². The van der Waals surface area contributed by atoms with Crippen LogP contribution in [-0.4, -0.2) is 24.5 Å². The molecule has 0 heterocycles. The second kappa shape index (κ2) is 2.71. The van der Waals surface area contributed by atoms with Crippen molar-refractivity contribution >= 4 is 19.7 Å². The lowest BCUT2D eigenvalue weighted by molar-refractivity contribution is -0.106. The number of carbonyl (C=O) groups is 1. The van der Waals surface area contributed by atoms with Gasteiger partial charge in [0.05, 0.1) is 0 Å². The van der Waals surface area contributed by atoms with Crippen molar-refractivity contribution in [2.24, 2.45) is 0 Å². The minimum Gasteiger partial charge on any atom is -0.362 e. The molecule has 0 spiro atoms. The summed E-state index contributed by atoms with van der Waals surface area (Å²) in [6, 6.07) is 0. The van der Waals surface area contributed by atoms with E-state index in [2.05, 4.69) is 4.79 Å². The lowest BCUT2D eigenvalue weighted by atomic mass is 10.8. The summed E-state index contributed by atoms with van der Waals surface area (Å²) in [7, 11) is -1.65. The number of hydrogen-bond donors (Lipinski definition) is 0. The Morgan fingerprint density at radius 3 is 2.00 bits per heavy atom. The lowest BCUT2D eigenvalue weighted by Gasteiger charge is -2.02. The Balaban J connectivity index is 4.53. The number of rotatable bonds is 2. The predicted octanol–water partition coefficient (Wildman–Crippen LogP) is 0.733. The summed E-state index contributed by atoms with van der Waals surface area (Å²) >= 11 is 0. The maximum absolute atomic E-state index is 10.1. The van der Waals surface area contributed by atoms with Gasteiger partial charge in [-0.05, 0) is 0 Å². The highest BCUT2D eigenvalue weighted by molar-refractivity contribution is 7.10. The van der Waals surface area contributed by atoms with Gasteiger partial charge in [-0.1, -0.05) is 19.6 Å². The van der Waals surface area contributed by atoms with Gasteiger partial charge in [0.25, 0.3) is 5.33 Å². The summed E-state index contributed by atoms with van der Waals surface area (Å²) in [6.07, 6.45) is 0.617. The monoisotopic (exact) mass is 142 g/mol. The van der Waals surface area contributed by atoms with Gasteiger partial charge in [0, 0.05) is 0 Å². The normalized spacial score (nSPS) is 10.1. The highest BCUT2D eigenvalue weighted by Crippen LogP contribution is 1.98. The second-order valence-electron chi connectivity index (χ2n) is 2.85. The number of hydrogen-bond acceptors (Lipinski definition) is 1. The molecule has 0 radical (unpaired) electrons. The average Bonchev–Trinajstić information content (AvgIpc) is 1.65. The molecular formula is C5H10N2OSi. The first-order chi connectivity index (χ1) is 4.02. The van der Waals surface area contributed by atoms with Gasteiger partial charge in [0.15, 0.2) is 8.07 Å². The quantitative estimate of drug-likeness (QED) is 0.184. The molecule has 0 aromatic carbocycles. The molecule has 0 saturated carbocycles. The molecule has 4 heteroatoms. The molecule has 0 amide bonds. The zero-order chi connectivity index (χ0) is 7.49. The molecule has 0 aliphatic carbocycles. The molecule has 0 aromatic rings. The first kappa shape index (κ1) is 8.27. The molecule has 0 atom stereocenters. The van der Waals surface area contributed by atoms with Crippen molar-refractivity contribution in [3.63, 3.8) is 0 Å². The van der Waals surface area contributed by atoms with Crippen LogP contribution in [0.25, 0.3) is 5.53 Å². The molecule has 0 aromatic heterocycles. The summed E-state index contributed by atoms with van der Waals surface area (Å²) in [5.74, 6) is 0. The van der Waals surface area contributed by atoms with Crippen molar-refractivity contribution < 1.29 is 9.58 Å². The molecule has 50 valence electrons. The maximum atomic E-state index is 10.1. The van der Waals surface area contributed by atoms with E-state index in [-0.39, 0.29) is 0 Å². The fourth-order valence-electron chi connectivity index (χ4n) is 0.350. The molecule has 0 saturated heterocycles. The molecule has 0 bridgehead atoms. The highest BCUT2D eigenvalue weighted by Gasteiger charge is 2.29. The standard InChI is InChI=1S/C5H10N2OSi/c1-9(2,3)5(4-8)7-6/h4H,1-3H3. The van der Waals surface area contributed by atoms with Crippen LogP contribution in [0.3, 0.4) is 0 Å². The summed E-state index contributed by atoms with van der Waals surface area (Å²) in [5, 5.41) is 0.308. The maximum Gasteiger partial charge on any atom is 0.296 e. The highest BCUT2D eigenvalue weighted by atomic mass is 28.3. The Bertz CT molecular complexity index is 164. The first-order valence-electron chi connectivity index (χ1n) is 2.70. The topological polar surface area (TPSA) is 53.5 Å². The van der Waals surface area contributed by atoms with Crippen LogP contribution in [0, 0.1) is 0 Å². The molecular weight excluding hydrogens is 132 g/mol. The first-order valence-corrected chi connectivity index (χ1v) is 6.20. The van der Waals surface area contributed by atoms with Crippen LogP contribution in [-0.2, 0) is 4.79 Å². The zero-order valence-corrected chi connectivity index (χ0v) is 6.88. The second-order valence-corrected chi connectivity index (χ2v) is 7.87. The van der Waals surface area contributed by atoms with Crippen LogP contribution in [0.1, 0.15) is 0 Å². The molecule has 0 aliphatic rings. The Labute approximate surface area is 55.3 Å². The minimum absolute atomic E-state index is 0.308. The molecule has 0 fully saturated rings. The van der Waals surface area contributed by atoms with Gasteiger partial charge in [0.1, 0.15) is 0 Å². The SMILES string of the molecule is C[Si](C)(C)C(C=O)=[N+]=[N-]. The van der Waals surface area contributed by atoms with Crippen LogP contribution in [0.2, 0.25) is 19.6 Å². The van der Waals surface area contributed by atoms with Crippen molar-refractivity contribution in [3.05, 3.63) is 5.53 Å². The number of carbonyl (C=O) groups excluding carboxylic acids is 1. The van der Waals surface area contributed by atoms with E-state index in [1.54, 1.807) is 0 Å². The van der Waals surface area contributed by atoms with Crippen molar-refractivity contribution in [2.45, 2.75) is 19.6 Å². The third-order valence-electron chi connectivity index (χ3n) is 0.988. The fraction of sp³-hybridized carbons (Fsp3) is 0.600. The number of nitrogens with zero attached hydrogens (tertiary/aromatic N) is 2. The molecule has 3 nitrogen and oxygen atoms in total. The minimum atomic E-state index is -1.65. The van der Waals surface area contributed by atoms with E-state index in [0.29, 0.717) is 11.6 Å². The summed E-state index contributed by atoms with van der Waals surface area (Å²) < 4.78 is 0. The predicted molar refractivity (Wildman–Crippen MR) is 38.0 cm³/mol. The molecule has 0 aliphatic heterocycles. The van der Waals surface area contributed by atoms with E-state index in [4.69, 9.17) is 5.53 Å². The van der Waals surface area contributed by atoms with Gasteiger partial charge in [-0.2, -0.15) is 4.79 Å². The number of aldehydes is 1. The van der Waals surface area contributed by atoms with Gasteiger partial charge >= 0.3 is 0 Å². The fourth-order valence-corrected chi connectivity index (χ4v) is 1.00. The van der Waals surface area contributed by atoms with Crippen molar-refractivity contribution in [2.75, 3.05) is 0 Å². The van der Waals surface area contributed by atoms with Crippen LogP contribution in [0.5, 0.6) is 0 Å². The van der Waals surface area contributed by atoms with E-state index in [1.165, 1.54) is 0 Å². The van der Waals surface area contributed by atoms with Gasteiger partial charge in [-0.25, -0.2) is 0 Å². The molecule has 0 unspecified atom stereocenters. The third kappa shape index (κ3) is 2.35. The molecule has 0 N–H and O–H groups in total. The van der Waals surface area contributed by atoms with Crippen molar-refractivity contribution in [1.29, 1.82) is 0 Å². The summed E-state index contributed by atoms with van der Waals surface area (Å²) in [5.41, 5.74) is 8.25. The smallest absolute Gasteiger partial charge is 0.296 e. The van der Waals surface area contributed by atoms with E-state index >= 15 is 0 Å². The van der Waals surface area contributed by atoms with E-state index < -0.39 is 8.07 Å². The average molecular weight is 142 g/mol. The van der Waals surface area contributed by atoms with E-state index in [9.17, 15) is 4.79 Å². The van der Waals surface area contributed by atoms with Crippen LogP contribution < -0.4 is 0 Å². The van der Waals surface area contributed by atoms with Gasteiger partial charge in [0.2, 0.25) is 6.29 Å². The Hall–Kier alpha value is -0.733. The van der Waals surface area contributed by atoms with Gasteiger partial charge in [-0.15, -0.1) is 0 Å².